The van der Waals surface area contributed by atoms with Crippen molar-refractivity contribution in [1.29, 1.82) is 0 Å². The Kier molecular flexibility index (Phi) is 5.12. The highest BCUT2D eigenvalue weighted by Crippen LogP contribution is 2.10. The fourth-order valence-electron chi connectivity index (χ4n) is 1.33. The summed E-state index contributed by atoms with van der Waals surface area (Å²) in [6, 6.07) is 6.29. The fourth-order valence-corrected chi connectivity index (χ4v) is 1.49. The van der Waals surface area contributed by atoms with Crippen LogP contribution in [0.2, 0.25) is 0 Å². The van der Waals surface area contributed by atoms with Crippen molar-refractivity contribution in [1.82, 2.24) is 5.32 Å². The molecule has 0 saturated carbocycles. The molecule has 1 rings (SSSR count). The van der Waals surface area contributed by atoms with Gasteiger partial charge in [-0.1, -0.05) is 6.07 Å². The average Bonchev–Trinajstić information content (AvgIpc) is 2.24. The van der Waals surface area contributed by atoms with E-state index in [-0.39, 0.29) is 17.0 Å². The molecule has 1 atom stereocenters. The van der Waals surface area contributed by atoms with Crippen LogP contribution in [0.5, 0.6) is 5.75 Å². The summed E-state index contributed by atoms with van der Waals surface area (Å²) in [5.74, 6) is -0.0693. The van der Waals surface area contributed by atoms with Crippen molar-refractivity contribution in [3.8, 4) is 5.75 Å². The van der Waals surface area contributed by atoms with Crippen molar-refractivity contribution in [3.63, 3.8) is 0 Å². The van der Waals surface area contributed by atoms with E-state index in [0.717, 1.165) is 12.8 Å². The van der Waals surface area contributed by atoms with E-state index in [1.807, 2.05) is 6.92 Å². The van der Waals surface area contributed by atoms with Crippen molar-refractivity contribution in [3.05, 3.63) is 29.8 Å². The second-order valence-electron chi connectivity index (χ2n) is 3.73. The maximum atomic E-state index is 11.6. The quantitative estimate of drug-likeness (QED) is 0.615. The van der Waals surface area contributed by atoms with Gasteiger partial charge in [0.1, 0.15) is 5.75 Å². The number of carbonyl (C=O) groups is 1. The van der Waals surface area contributed by atoms with Crippen LogP contribution in [0.4, 0.5) is 0 Å². The van der Waals surface area contributed by atoms with Crippen molar-refractivity contribution in [2.45, 2.75) is 25.1 Å². The number of hydrogen-bond acceptors (Lipinski definition) is 2. The first-order chi connectivity index (χ1) is 7.59. The Balaban J connectivity index is 2.35. The molecule has 0 spiro atoms. The lowest BCUT2D eigenvalue weighted by atomic mass is 10.2. The molecule has 0 bridgehead atoms. The number of halogens is 1. The molecule has 88 valence electrons. The highest BCUT2D eigenvalue weighted by molar-refractivity contribution is 6.20. The first-order valence-corrected chi connectivity index (χ1v) is 5.74. The Hall–Kier alpha value is -1.22. The smallest absolute Gasteiger partial charge is 0.251 e. The Morgan fingerprint density at radius 1 is 1.56 bits per heavy atom. The second kappa shape index (κ2) is 6.38. The van der Waals surface area contributed by atoms with Gasteiger partial charge in [-0.3, -0.25) is 4.79 Å². The topological polar surface area (TPSA) is 49.3 Å². The molecule has 0 fully saturated rings. The second-order valence-corrected chi connectivity index (χ2v) is 4.47. The van der Waals surface area contributed by atoms with Crippen LogP contribution in [0.25, 0.3) is 0 Å². The normalized spacial score (nSPS) is 12.1. The maximum absolute atomic E-state index is 11.6. The van der Waals surface area contributed by atoms with Crippen LogP contribution in [0.15, 0.2) is 24.3 Å². The Labute approximate surface area is 100 Å². The molecular weight excluding hydrogens is 226 g/mol. The van der Waals surface area contributed by atoms with Crippen LogP contribution in [-0.2, 0) is 0 Å². The van der Waals surface area contributed by atoms with Crippen LogP contribution in [0.3, 0.4) is 0 Å². The van der Waals surface area contributed by atoms with Crippen LogP contribution in [0.1, 0.15) is 30.1 Å². The van der Waals surface area contributed by atoms with Gasteiger partial charge >= 0.3 is 0 Å². The molecule has 0 radical (unpaired) electrons. The van der Waals surface area contributed by atoms with Crippen molar-refractivity contribution < 1.29 is 9.90 Å². The van der Waals surface area contributed by atoms with E-state index >= 15 is 0 Å². The zero-order valence-electron chi connectivity index (χ0n) is 9.24. The largest absolute Gasteiger partial charge is 0.508 e. The first-order valence-electron chi connectivity index (χ1n) is 5.31. The predicted octanol–water partition coefficient (Wildman–Crippen LogP) is 2.53. The number of rotatable bonds is 5. The van der Waals surface area contributed by atoms with Gasteiger partial charge in [0.15, 0.2) is 0 Å². The summed E-state index contributed by atoms with van der Waals surface area (Å²) >= 11 is 5.79. The molecule has 0 aliphatic rings. The lowest BCUT2D eigenvalue weighted by Gasteiger charge is -2.06. The maximum Gasteiger partial charge on any atom is 0.251 e. The molecule has 3 nitrogen and oxygen atoms in total. The molecule has 16 heavy (non-hydrogen) atoms. The van der Waals surface area contributed by atoms with Gasteiger partial charge in [-0.2, -0.15) is 0 Å². The predicted molar refractivity (Wildman–Crippen MR) is 65.0 cm³/mol. The number of alkyl halides is 1. The number of carbonyl (C=O) groups excluding carboxylic acids is 1. The summed E-state index contributed by atoms with van der Waals surface area (Å²) in [5, 5.41) is 12.1. The molecule has 0 saturated heterocycles. The standard InChI is InChI=1S/C12H16ClNO2/c1-9(13)4-3-7-14-12(16)10-5-2-6-11(15)8-10/h2,5-6,8-9,15H,3-4,7H2,1H3,(H,14,16). The van der Waals surface area contributed by atoms with Gasteiger partial charge in [0.25, 0.3) is 5.91 Å². The van der Waals surface area contributed by atoms with Gasteiger partial charge in [0, 0.05) is 17.5 Å². The van der Waals surface area contributed by atoms with Crippen LogP contribution < -0.4 is 5.32 Å². The average molecular weight is 242 g/mol. The fraction of sp³-hybridized carbons (Fsp3) is 0.417. The van der Waals surface area contributed by atoms with Crippen molar-refractivity contribution in [2.75, 3.05) is 6.54 Å². The first kappa shape index (κ1) is 12.8. The van der Waals surface area contributed by atoms with Crippen molar-refractivity contribution >= 4 is 17.5 Å². The number of aromatic hydroxyl groups is 1. The van der Waals surface area contributed by atoms with Crippen LogP contribution >= 0.6 is 11.6 Å². The van der Waals surface area contributed by atoms with Crippen LogP contribution in [0, 0.1) is 0 Å². The number of nitrogens with one attached hydrogen (secondary N) is 1. The molecule has 0 heterocycles. The zero-order valence-corrected chi connectivity index (χ0v) is 10.00. The van der Waals surface area contributed by atoms with Gasteiger partial charge in [0.05, 0.1) is 0 Å². The minimum Gasteiger partial charge on any atom is -0.508 e. The van der Waals surface area contributed by atoms with E-state index in [9.17, 15) is 9.90 Å². The number of phenols is 1. The minimum atomic E-state index is -0.168. The molecule has 2 N–H and O–H groups in total. The summed E-state index contributed by atoms with van der Waals surface area (Å²) in [4.78, 5) is 11.6. The Morgan fingerprint density at radius 3 is 2.94 bits per heavy atom. The molecule has 0 aliphatic carbocycles. The van der Waals surface area contributed by atoms with Crippen molar-refractivity contribution in [2.24, 2.45) is 0 Å². The molecule has 1 amide bonds. The number of hydrogen-bond donors (Lipinski definition) is 2. The van der Waals surface area contributed by atoms with Gasteiger partial charge in [-0.05, 0) is 38.0 Å². The molecule has 0 aliphatic heterocycles. The molecule has 1 aromatic rings. The third-order valence-electron chi connectivity index (χ3n) is 2.17. The van der Waals surface area contributed by atoms with E-state index in [1.165, 1.54) is 12.1 Å². The van der Waals surface area contributed by atoms with E-state index in [0.29, 0.717) is 12.1 Å². The van der Waals surface area contributed by atoms with Crippen LogP contribution in [-0.4, -0.2) is 22.9 Å². The van der Waals surface area contributed by atoms with Gasteiger partial charge in [0.2, 0.25) is 0 Å². The molecule has 1 unspecified atom stereocenters. The molecule has 4 heteroatoms. The zero-order chi connectivity index (χ0) is 12.0. The highest BCUT2D eigenvalue weighted by atomic mass is 35.5. The minimum absolute atomic E-state index is 0.0991. The summed E-state index contributed by atoms with van der Waals surface area (Å²) in [7, 11) is 0. The van der Waals surface area contributed by atoms with E-state index in [4.69, 9.17) is 11.6 Å². The lowest BCUT2D eigenvalue weighted by Crippen LogP contribution is -2.24. The van der Waals surface area contributed by atoms with E-state index in [1.54, 1.807) is 12.1 Å². The van der Waals surface area contributed by atoms with Gasteiger partial charge < -0.3 is 10.4 Å². The van der Waals surface area contributed by atoms with E-state index in [2.05, 4.69) is 5.32 Å². The number of phenolic OH excluding ortho intramolecular Hbond substituents is 1. The third kappa shape index (κ3) is 4.53. The SMILES string of the molecule is CC(Cl)CCCNC(=O)c1cccc(O)c1. The summed E-state index contributed by atoms with van der Waals surface area (Å²) in [6.07, 6.45) is 1.73. The summed E-state index contributed by atoms with van der Waals surface area (Å²) in [5.41, 5.74) is 0.471. The number of amides is 1. The summed E-state index contributed by atoms with van der Waals surface area (Å²) < 4.78 is 0. The summed E-state index contributed by atoms with van der Waals surface area (Å²) in [6.45, 7) is 2.53. The number of benzene rings is 1. The Bertz CT molecular complexity index is 353. The van der Waals surface area contributed by atoms with Gasteiger partial charge in [-0.25, -0.2) is 0 Å². The lowest BCUT2D eigenvalue weighted by molar-refractivity contribution is 0.0952. The third-order valence-corrected chi connectivity index (χ3v) is 2.39. The Morgan fingerprint density at radius 2 is 2.31 bits per heavy atom. The molecular formula is C12H16ClNO2. The molecule has 0 aromatic heterocycles. The molecule has 1 aromatic carbocycles. The monoisotopic (exact) mass is 241 g/mol. The highest BCUT2D eigenvalue weighted by Gasteiger charge is 2.05. The van der Waals surface area contributed by atoms with Gasteiger partial charge in [-0.15, -0.1) is 11.6 Å². The van der Waals surface area contributed by atoms with E-state index < -0.39 is 0 Å².